The zero-order chi connectivity index (χ0) is 14.0. The molecular formula is C13H15N3O2S. The summed E-state index contributed by atoms with van der Waals surface area (Å²) in [5, 5.41) is 10.0. The van der Waals surface area contributed by atoms with E-state index in [1.165, 1.54) is 11.3 Å². The van der Waals surface area contributed by atoms with Crippen LogP contribution < -0.4 is 5.73 Å². The number of hydrogen-bond donors (Lipinski definition) is 2. The van der Waals surface area contributed by atoms with E-state index in [9.17, 15) is 9.90 Å². The van der Waals surface area contributed by atoms with Gasteiger partial charge in [-0.1, -0.05) is 12.1 Å². The molecule has 0 aliphatic carbocycles. The molecule has 1 heterocycles. The Hall–Kier alpha value is -1.92. The molecule has 100 valence electrons. The van der Waals surface area contributed by atoms with E-state index in [1.54, 1.807) is 18.2 Å². The maximum absolute atomic E-state index is 11.3. The SMILES string of the molecule is CN(C)Cc1nc(-c2cccc(N)c2)c(C(=O)O)s1. The van der Waals surface area contributed by atoms with E-state index in [0.717, 1.165) is 10.6 Å². The molecule has 0 unspecified atom stereocenters. The van der Waals surface area contributed by atoms with Crippen LogP contribution in [0.3, 0.4) is 0 Å². The van der Waals surface area contributed by atoms with E-state index >= 15 is 0 Å². The van der Waals surface area contributed by atoms with Crippen molar-refractivity contribution < 1.29 is 9.90 Å². The molecule has 0 saturated carbocycles. The summed E-state index contributed by atoms with van der Waals surface area (Å²) in [6.07, 6.45) is 0. The minimum absolute atomic E-state index is 0.252. The third-order valence-electron chi connectivity index (χ3n) is 2.48. The molecule has 0 aliphatic heterocycles. The lowest BCUT2D eigenvalue weighted by Gasteiger charge is -2.05. The van der Waals surface area contributed by atoms with Crippen LogP contribution in [-0.4, -0.2) is 35.1 Å². The van der Waals surface area contributed by atoms with E-state index in [-0.39, 0.29) is 4.88 Å². The van der Waals surface area contributed by atoms with Gasteiger partial charge in [-0.2, -0.15) is 0 Å². The van der Waals surface area contributed by atoms with Crippen LogP contribution in [0.5, 0.6) is 0 Å². The summed E-state index contributed by atoms with van der Waals surface area (Å²) >= 11 is 1.20. The number of carbonyl (C=O) groups is 1. The Bertz CT molecular complexity index is 608. The Morgan fingerprint density at radius 2 is 2.21 bits per heavy atom. The average Bonchev–Trinajstić information content (AvgIpc) is 2.72. The fourth-order valence-corrected chi connectivity index (χ4v) is 2.77. The third kappa shape index (κ3) is 3.10. The summed E-state index contributed by atoms with van der Waals surface area (Å²) in [6, 6.07) is 7.11. The van der Waals surface area contributed by atoms with Crippen molar-refractivity contribution in [2.45, 2.75) is 6.54 Å². The van der Waals surface area contributed by atoms with Crippen molar-refractivity contribution >= 4 is 23.0 Å². The van der Waals surface area contributed by atoms with Crippen LogP contribution in [0.1, 0.15) is 14.7 Å². The van der Waals surface area contributed by atoms with Crippen molar-refractivity contribution in [2.75, 3.05) is 19.8 Å². The molecule has 1 aromatic heterocycles. The molecule has 0 aliphatic rings. The van der Waals surface area contributed by atoms with E-state index in [0.29, 0.717) is 17.9 Å². The second kappa shape index (κ2) is 5.38. The zero-order valence-electron chi connectivity index (χ0n) is 10.8. The van der Waals surface area contributed by atoms with Gasteiger partial charge >= 0.3 is 5.97 Å². The monoisotopic (exact) mass is 277 g/mol. The van der Waals surface area contributed by atoms with Crippen LogP contribution >= 0.6 is 11.3 Å². The number of carboxylic acids is 1. The van der Waals surface area contributed by atoms with Gasteiger partial charge in [0.15, 0.2) is 0 Å². The van der Waals surface area contributed by atoms with Crippen LogP contribution in [0.4, 0.5) is 5.69 Å². The molecule has 2 rings (SSSR count). The molecule has 0 amide bonds. The Balaban J connectivity index is 2.49. The Morgan fingerprint density at radius 1 is 1.47 bits per heavy atom. The van der Waals surface area contributed by atoms with Gasteiger partial charge in [-0.05, 0) is 26.2 Å². The van der Waals surface area contributed by atoms with Crippen molar-refractivity contribution in [2.24, 2.45) is 0 Å². The molecule has 6 heteroatoms. The summed E-state index contributed by atoms with van der Waals surface area (Å²) in [4.78, 5) is 17.9. The van der Waals surface area contributed by atoms with Crippen molar-refractivity contribution in [3.63, 3.8) is 0 Å². The Labute approximate surface area is 115 Å². The van der Waals surface area contributed by atoms with Gasteiger partial charge in [0.1, 0.15) is 9.88 Å². The minimum atomic E-state index is -0.958. The van der Waals surface area contributed by atoms with Crippen molar-refractivity contribution in [1.29, 1.82) is 0 Å². The maximum atomic E-state index is 11.3. The first-order valence-electron chi connectivity index (χ1n) is 5.71. The largest absolute Gasteiger partial charge is 0.477 e. The Morgan fingerprint density at radius 3 is 2.79 bits per heavy atom. The quantitative estimate of drug-likeness (QED) is 0.837. The summed E-state index contributed by atoms with van der Waals surface area (Å²) < 4.78 is 0. The molecule has 1 aromatic carbocycles. The van der Waals surface area contributed by atoms with E-state index in [1.807, 2.05) is 25.1 Å². The highest BCUT2D eigenvalue weighted by atomic mass is 32.1. The number of rotatable bonds is 4. The molecular weight excluding hydrogens is 262 g/mol. The average molecular weight is 277 g/mol. The number of anilines is 1. The molecule has 19 heavy (non-hydrogen) atoms. The molecule has 2 aromatic rings. The van der Waals surface area contributed by atoms with E-state index in [4.69, 9.17) is 5.73 Å². The fraction of sp³-hybridized carbons (Fsp3) is 0.231. The normalized spacial score (nSPS) is 10.9. The van der Waals surface area contributed by atoms with Gasteiger partial charge in [0.05, 0.1) is 5.69 Å². The number of benzene rings is 1. The second-order valence-corrected chi connectivity index (χ2v) is 5.54. The van der Waals surface area contributed by atoms with Crippen molar-refractivity contribution in [1.82, 2.24) is 9.88 Å². The lowest BCUT2D eigenvalue weighted by atomic mass is 10.1. The predicted molar refractivity (Wildman–Crippen MR) is 76.3 cm³/mol. The molecule has 0 radical (unpaired) electrons. The van der Waals surface area contributed by atoms with E-state index < -0.39 is 5.97 Å². The number of aromatic nitrogens is 1. The summed E-state index contributed by atoms with van der Waals surface area (Å²) in [5.74, 6) is -0.958. The Kier molecular flexibility index (Phi) is 3.82. The highest BCUT2D eigenvalue weighted by Gasteiger charge is 2.19. The molecule has 5 nitrogen and oxygen atoms in total. The standard InChI is InChI=1S/C13H15N3O2S/c1-16(2)7-10-15-11(12(19-10)13(17)18)8-4-3-5-9(14)6-8/h3-6H,7,14H2,1-2H3,(H,17,18). The van der Waals surface area contributed by atoms with Gasteiger partial charge in [-0.15, -0.1) is 11.3 Å². The predicted octanol–water partition coefficient (Wildman–Crippen LogP) is 2.15. The van der Waals surface area contributed by atoms with Gasteiger partial charge in [0, 0.05) is 17.8 Å². The lowest BCUT2D eigenvalue weighted by Crippen LogP contribution is -2.10. The molecule has 3 N–H and O–H groups in total. The molecule has 0 atom stereocenters. The van der Waals surface area contributed by atoms with Crippen LogP contribution in [0.25, 0.3) is 11.3 Å². The lowest BCUT2D eigenvalue weighted by molar-refractivity contribution is 0.0702. The number of nitrogens with two attached hydrogens (primary N) is 1. The van der Waals surface area contributed by atoms with Gasteiger partial charge < -0.3 is 15.7 Å². The first-order chi connectivity index (χ1) is 8.97. The van der Waals surface area contributed by atoms with Gasteiger partial charge in [-0.3, -0.25) is 0 Å². The van der Waals surface area contributed by atoms with Gasteiger partial charge in [0.25, 0.3) is 0 Å². The van der Waals surface area contributed by atoms with Crippen molar-refractivity contribution in [3.8, 4) is 11.3 Å². The number of aromatic carboxylic acids is 1. The van der Waals surface area contributed by atoms with Crippen LogP contribution in [0.15, 0.2) is 24.3 Å². The van der Waals surface area contributed by atoms with E-state index in [2.05, 4.69) is 4.98 Å². The second-order valence-electron chi connectivity index (χ2n) is 4.45. The van der Waals surface area contributed by atoms with Gasteiger partial charge in [-0.25, -0.2) is 9.78 Å². The topological polar surface area (TPSA) is 79.5 Å². The molecule has 0 bridgehead atoms. The first-order valence-corrected chi connectivity index (χ1v) is 6.52. The van der Waals surface area contributed by atoms with Crippen molar-refractivity contribution in [3.05, 3.63) is 34.2 Å². The zero-order valence-corrected chi connectivity index (χ0v) is 11.6. The highest BCUT2D eigenvalue weighted by molar-refractivity contribution is 7.14. The number of nitrogen functional groups attached to an aromatic ring is 1. The summed E-state index contributed by atoms with van der Waals surface area (Å²) in [7, 11) is 3.84. The number of hydrogen-bond acceptors (Lipinski definition) is 5. The third-order valence-corrected chi connectivity index (χ3v) is 3.51. The fourth-order valence-electron chi connectivity index (χ4n) is 1.73. The van der Waals surface area contributed by atoms with Crippen LogP contribution in [0.2, 0.25) is 0 Å². The van der Waals surface area contributed by atoms with Crippen LogP contribution in [0, 0.1) is 0 Å². The highest BCUT2D eigenvalue weighted by Crippen LogP contribution is 2.29. The summed E-state index contributed by atoms with van der Waals surface area (Å²) in [5.41, 5.74) is 7.55. The smallest absolute Gasteiger partial charge is 0.348 e. The summed E-state index contributed by atoms with van der Waals surface area (Å²) in [6.45, 7) is 0.618. The van der Waals surface area contributed by atoms with Crippen LogP contribution in [-0.2, 0) is 6.54 Å². The number of nitrogens with zero attached hydrogens (tertiary/aromatic N) is 2. The minimum Gasteiger partial charge on any atom is -0.477 e. The molecule has 0 saturated heterocycles. The molecule has 0 fully saturated rings. The molecule has 0 spiro atoms. The number of thiazole rings is 1. The number of carboxylic acid groups (broad SMARTS) is 1. The van der Waals surface area contributed by atoms with Gasteiger partial charge in [0.2, 0.25) is 0 Å². The first kappa shape index (κ1) is 13.5. The maximum Gasteiger partial charge on any atom is 0.348 e.